The second kappa shape index (κ2) is 9.83. The van der Waals surface area contributed by atoms with Gasteiger partial charge in [-0.2, -0.15) is 0 Å². The molecule has 2 aromatic rings. The predicted molar refractivity (Wildman–Crippen MR) is 122 cm³/mol. The van der Waals surface area contributed by atoms with Gasteiger partial charge in [-0.3, -0.25) is 4.79 Å². The molecular weight excluding hydrogens is 412 g/mol. The van der Waals surface area contributed by atoms with Gasteiger partial charge in [0.2, 0.25) is 10.0 Å². The molecule has 1 amide bonds. The number of hydrogen-bond acceptors (Lipinski definition) is 4. The van der Waals surface area contributed by atoms with Crippen LogP contribution in [0.25, 0.3) is 0 Å². The van der Waals surface area contributed by atoms with Crippen LogP contribution < -0.4 is 9.46 Å². The van der Waals surface area contributed by atoms with Crippen LogP contribution in [0.3, 0.4) is 0 Å². The summed E-state index contributed by atoms with van der Waals surface area (Å²) in [6.07, 6.45) is 3.96. The van der Waals surface area contributed by atoms with Crippen molar-refractivity contribution in [1.29, 1.82) is 0 Å². The van der Waals surface area contributed by atoms with Crippen molar-refractivity contribution in [2.75, 3.05) is 14.2 Å². The van der Waals surface area contributed by atoms with E-state index < -0.39 is 10.0 Å². The van der Waals surface area contributed by atoms with Crippen LogP contribution in [0.2, 0.25) is 0 Å². The molecule has 2 aromatic carbocycles. The Balaban J connectivity index is 1.88. The van der Waals surface area contributed by atoms with Crippen molar-refractivity contribution in [3.05, 3.63) is 59.7 Å². The third kappa shape index (κ3) is 5.28. The van der Waals surface area contributed by atoms with Gasteiger partial charge in [0.15, 0.2) is 0 Å². The molecule has 1 aliphatic carbocycles. The summed E-state index contributed by atoms with van der Waals surface area (Å²) in [4.78, 5) is 14.8. The number of carbonyl (C=O) groups is 1. The van der Waals surface area contributed by atoms with Crippen molar-refractivity contribution in [2.24, 2.45) is 5.92 Å². The van der Waals surface area contributed by atoms with Crippen LogP contribution in [0.5, 0.6) is 5.75 Å². The maximum Gasteiger partial charge on any atom is 0.254 e. The first-order valence-corrected chi connectivity index (χ1v) is 12.3. The molecule has 0 radical (unpaired) electrons. The van der Waals surface area contributed by atoms with Crippen LogP contribution in [0.1, 0.15) is 61.5 Å². The summed E-state index contributed by atoms with van der Waals surface area (Å²) in [5.41, 5.74) is 1.32. The monoisotopic (exact) mass is 444 g/mol. The molecule has 0 aliphatic heterocycles. The van der Waals surface area contributed by atoms with Gasteiger partial charge in [-0.25, -0.2) is 13.1 Å². The molecule has 7 heteroatoms. The van der Waals surface area contributed by atoms with E-state index >= 15 is 0 Å². The summed E-state index contributed by atoms with van der Waals surface area (Å²) in [6, 6.07) is 14.0. The standard InChI is InChI=1S/C24H32N2O4S/c1-17-10-8-9-13-21(17)25-31(28,29)23-16-20(14-15-22(23)30-4)24(27)26(3)18(2)19-11-6-5-7-12-19/h5-7,11-12,14-18,21,25H,8-10,13H2,1-4H3. The van der Waals surface area contributed by atoms with E-state index in [0.29, 0.717) is 5.56 Å². The lowest BCUT2D eigenvalue weighted by atomic mass is 9.87. The van der Waals surface area contributed by atoms with Crippen LogP contribution in [0.4, 0.5) is 0 Å². The van der Waals surface area contributed by atoms with Gasteiger partial charge >= 0.3 is 0 Å². The summed E-state index contributed by atoms with van der Waals surface area (Å²) in [6.45, 7) is 4.02. The summed E-state index contributed by atoms with van der Waals surface area (Å²) < 4.78 is 34.6. The van der Waals surface area contributed by atoms with Gasteiger partial charge < -0.3 is 9.64 Å². The minimum Gasteiger partial charge on any atom is -0.495 e. The fraction of sp³-hybridized carbons (Fsp3) is 0.458. The number of amides is 1. The minimum absolute atomic E-state index is 0.000567. The quantitative estimate of drug-likeness (QED) is 0.687. The van der Waals surface area contributed by atoms with Crippen molar-refractivity contribution in [2.45, 2.75) is 56.5 Å². The Bertz CT molecular complexity index is 1010. The number of sulfonamides is 1. The summed E-state index contributed by atoms with van der Waals surface area (Å²) in [5, 5.41) is 0. The number of rotatable bonds is 7. The Hall–Kier alpha value is -2.38. The van der Waals surface area contributed by atoms with E-state index in [4.69, 9.17) is 4.74 Å². The second-order valence-corrected chi connectivity index (χ2v) is 10.0. The maximum absolute atomic E-state index is 13.2. The fourth-order valence-corrected chi connectivity index (χ4v) is 5.68. The number of nitrogens with one attached hydrogen (secondary N) is 1. The van der Waals surface area contributed by atoms with Crippen LogP contribution in [-0.2, 0) is 10.0 Å². The molecule has 0 heterocycles. The maximum atomic E-state index is 13.2. The number of carbonyl (C=O) groups excluding carboxylic acids is 1. The lowest BCUT2D eigenvalue weighted by Gasteiger charge is -2.29. The van der Waals surface area contributed by atoms with Crippen molar-refractivity contribution in [1.82, 2.24) is 9.62 Å². The fourth-order valence-electron chi connectivity index (χ4n) is 4.11. The molecule has 1 fully saturated rings. The molecule has 0 aromatic heterocycles. The lowest BCUT2D eigenvalue weighted by Crippen LogP contribution is -2.41. The van der Waals surface area contributed by atoms with Gasteiger partial charge in [-0.05, 0) is 49.4 Å². The number of methoxy groups -OCH3 is 1. The van der Waals surface area contributed by atoms with Crippen molar-refractivity contribution >= 4 is 15.9 Å². The molecule has 0 saturated heterocycles. The molecule has 0 bridgehead atoms. The highest BCUT2D eigenvalue weighted by Crippen LogP contribution is 2.30. The van der Waals surface area contributed by atoms with Crippen LogP contribution in [0.15, 0.2) is 53.4 Å². The highest BCUT2D eigenvalue weighted by Gasteiger charge is 2.30. The molecule has 3 unspecified atom stereocenters. The van der Waals surface area contributed by atoms with Crippen LogP contribution in [-0.4, -0.2) is 39.4 Å². The van der Waals surface area contributed by atoms with Crippen molar-refractivity contribution in [3.8, 4) is 5.75 Å². The van der Waals surface area contributed by atoms with E-state index in [0.717, 1.165) is 31.2 Å². The molecule has 3 rings (SSSR count). The number of ether oxygens (including phenoxy) is 1. The minimum atomic E-state index is -3.84. The Morgan fingerprint density at radius 2 is 1.81 bits per heavy atom. The third-order valence-corrected chi connectivity index (χ3v) is 7.81. The van der Waals surface area contributed by atoms with Gasteiger partial charge in [0.1, 0.15) is 10.6 Å². The summed E-state index contributed by atoms with van der Waals surface area (Å²) in [5.74, 6) is 0.255. The average Bonchev–Trinajstić information content (AvgIpc) is 2.79. The molecule has 1 aliphatic rings. The van der Waals surface area contributed by atoms with E-state index in [-0.39, 0.29) is 34.6 Å². The third-order valence-electron chi connectivity index (χ3n) is 6.30. The molecule has 0 spiro atoms. The lowest BCUT2D eigenvalue weighted by molar-refractivity contribution is 0.0742. The number of nitrogens with zero attached hydrogens (tertiary/aromatic N) is 1. The van der Waals surface area contributed by atoms with E-state index in [2.05, 4.69) is 11.6 Å². The van der Waals surface area contributed by atoms with Crippen LogP contribution >= 0.6 is 0 Å². The Kier molecular flexibility index (Phi) is 7.38. The SMILES string of the molecule is COc1ccc(C(=O)N(C)C(C)c2ccccc2)cc1S(=O)(=O)NC1CCCCC1C. The van der Waals surface area contributed by atoms with E-state index in [1.165, 1.54) is 13.2 Å². The highest BCUT2D eigenvalue weighted by molar-refractivity contribution is 7.89. The average molecular weight is 445 g/mol. The second-order valence-electron chi connectivity index (χ2n) is 8.36. The molecule has 6 nitrogen and oxygen atoms in total. The van der Waals surface area contributed by atoms with Gasteiger partial charge in [0, 0.05) is 18.7 Å². The molecular formula is C24H32N2O4S. The smallest absolute Gasteiger partial charge is 0.254 e. The first-order valence-electron chi connectivity index (χ1n) is 10.8. The zero-order valence-corrected chi connectivity index (χ0v) is 19.5. The van der Waals surface area contributed by atoms with E-state index in [1.807, 2.05) is 37.3 Å². The normalized spacial score (nSPS) is 20.1. The Labute approximate surface area is 185 Å². The molecule has 3 atom stereocenters. The topological polar surface area (TPSA) is 75.7 Å². The van der Waals surface area contributed by atoms with Gasteiger partial charge in [0.05, 0.1) is 13.2 Å². The van der Waals surface area contributed by atoms with Crippen LogP contribution in [0, 0.1) is 5.92 Å². The van der Waals surface area contributed by atoms with Gasteiger partial charge in [-0.1, -0.05) is 50.1 Å². The first kappa shape index (κ1) is 23.3. The summed E-state index contributed by atoms with van der Waals surface area (Å²) >= 11 is 0. The Morgan fingerprint density at radius 3 is 2.45 bits per heavy atom. The zero-order valence-electron chi connectivity index (χ0n) is 18.7. The molecule has 31 heavy (non-hydrogen) atoms. The van der Waals surface area contributed by atoms with Gasteiger partial charge in [-0.15, -0.1) is 0 Å². The van der Waals surface area contributed by atoms with Crippen molar-refractivity contribution in [3.63, 3.8) is 0 Å². The first-order chi connectivity index (χ1) is 14.7. The van der Waals surface area contributed by atoms with Gasteiger partial charge in [0.25, 0.3) is 5.91 Å². The largest absolute Gasteiger partial charge is 0.495 e. The van der Waals surface area contributed by atoms with E-state index in [1.54, 1.807) is 24.1 Å². The zero-order chi connectivity index (χ0) is 22.6. The number of hydrogen-bond donors (Lipinski definition) is 1. The number of benzene rings is 2. The molecule has 1 N–H and O–H groups in total. The Morgan fingerprint density at radius 1 is 1.13 bits per heavy atom. The molecule has 1 saturated carbocycles. The van der Waals surface area contributed by atoms with E-state index in [9.17, 15) is 13.2 Å². The summed E-state index contributed by atoms with van der Waals surface area (Å²) in [7, 11) is -0.680. The highest BCUT2D eigenvalue weighted by atomic mass is 32.2. The van der Waals surface area contributed by atoms with Crippen molar-refractivity contribution < 1.29 is 17.9 Å². The molecule has 168 valence electrons. The predicted octanol–water partition coefficient (Wildman–Crippen LogP) is 4.39.